The van der Waals surface area contributed by atoms with Crippen molar-refractivity contribution in [3.63, 3.8) is 0 Å². The number of nitrogens with zero attached hydrogens (tertiary/aromatic N) is 2. The number of hydrogen-bond acceptors (Lipinski definition) is 4. The number of aliphatic hydroxyl groups excluding tert-OH is 1. The van der Waals surface area contributed by atoms with Crippen LogP contribution in [0.3, 0.4) is 0 Å². The first-order valence-electron chi connectivity index (χ1n) is 7.12. The highest BCUT2D eigenvalue weighted by atomic mass is 16.3. The van der Waals surface area contributed by atoms with E-state index in [0.29, 0.717) is 6.54 Å². The Labute approximate surface area is 117 Å². The van der Waals surface area contributed by atoms with Gasteiger partial charge in [-0.25, -0.2) is 4.68 Å². The Hall–Kier alpha value is -1.69. The van der Waals surface area contributed by atoms with Gasteiger partial charge in [-0.3, -0.25) is 9.59 Å². The lowest BCUT2D eigenvalue weighted by Crippen LogP contribution is -2.56. The lowest BCUT2D eigenvalue weighted by Gasteiger charge is -2.40. The van der Waals surface area contributed by atoms with Crippen LogP contribution in [0.25, 0.3) is 0 Å². The molecule has 6 heteroatoms. The number of unbranched alkanes of at least 4 members (excludes halogenated alkanes) is 1. The summed E-state index contributed by atoms with van der Waals surface area (Å²) in [4.78, 5) is 23.8. The highest BCUT2D eigenvalue weighted by Gasteiger charge is 2.38. The lowest BCUT2D eigenvalue weighted by molar-refractivity contribution is 0.0635. The number of aliphatic hydroxyl groups is 1. The van der Waals surface area contributed by atoms with E-state index in [-0.39, 0.29) is 23.8 Å². The number of amides is 1. The van der Waals surface area contributed by atoms with Crippen LogP contribution in [0.15, 0.2) is 16.9 Å². The van der Waals surface area contributed by atoms with E-state index in [2.05, 4.69) is 10.4 Å². The Morgan fingerprint density at radius 2 is 2.25 bits per heavy atom. The zero-order valence-corrected chi connectivity index (χ0v) is 11.8. The van der Waals surface area contributed by atoms with Crippen LogP contribution in [0.5, 0.6) is 0 Å². The van der Waals surface area contributed by atoms with Crippen LogP contribution >= 0.6 is 0 Å². The van der Waals surface area contributed by atoms with Crippen LogP contribution in [0.4, 0.5) is 0 Å². The molecule has 0 radical (unpaired) electrons. The normalized spacial score (nSPS) is 16.5. The molecule has 1 aliphatic rings. The van der Waals surface area contributed by atoms with E-state index in [1.165, 1.54) is 16.8 Å². The van der Waals surface area contributed by atoms with Crippen LogP contribution < -0.4 is 10.9 Å². The molecule has 1 saturated carbocycles. The van der Waals surface area contributed by atoms with E-state index in [1.54, 1.807) is 0 Å². The number of carbonyl (C=O) groups is 1. The average molecular weight is 279 g/mol. The minimum absolute atomic E-state index is 0.0613. The number of carbonyl (C=O) groups excluding carboxylic acids is 1. The topological polar surface area (TPSA) is 84.2 Å². The molecule has 2 N–H and O–H groups in total. The van der Waals surface area contributed by atoms with E-state index in [1.807, 2.05) is 6.92 Å². The van der Waals surface area contributed by atoms with Crippen LogP contribution in [-0.4, -0.2) is 32.9 Å². The standard InChI is InChI=1S/C14H21N3O3/c1-2-3-9-17-12(19)6-5-11(16-17)13(20)15-14(10-18)7-4-8-14/h5-6,18H,2-4,7-10H2,1H3,(H,15,20). The van der Waals surface area contributed by atoms with Crippen molar-refractivity contribution < 1.29 is 9.90 Å². The van der Waals surface area contributed by atoms with Crippen LogP contribution in [0.2, 0.25) is 0 Å². The number of hydrogen-bond donors (Lipinski definition) is 2. The molecule has 2 rings (SSSR count). The van der Waals surface area contributed by atoms with Crippen LogP contribution in [0.1, 0.15) is 49.5 Å². The van der Waals surface area contributed by atoms with Crippen molar-refractivity contribution >= 4 is 5.91 Å². The number of rotatable bonds is 6. The van der Waals surface area contributed by atoms with E-state index >= 15 is 0 Å². The summed E-state index contributed by atoms with van der Waals surface area (Å²) >= 11 is 0. The zero-order valence-electron chi connectivity index (χ0n) is 11.8. The Bertz CT molecular complexity index is 529. The summed E-state index contributed by atoms with van der Waals surface area (Å²) in [6, 6.07) is 2.80. The Balaban J connectivity index is 2.11. The molecule has 0 atom stereocenters. The minimum atomic E-state index is -0.497. The molecule has 6 nitrogen and oxygen atoms in total. The third-order valence-electron chi connectivity index (χ3n) is 3.81. The van der Waals surface area contributed by atoms with Gasteiger partial charge in [-0.2, -0.15) is 5.10 Å². The minimum Gasteiger partial charge on any atom is -0.394 e. The van der Waals surface area contributed by atoms with Gasteiger partial charge < -0.3 is 10.4 Å². The van der Waals surface area contributed by atoms with Gasteiger partial charge in [0.2, 0.25) is 0 Å². The zero-order chi connectivity index (χ0) is 14.6. The first-order valence-corrected chi connectivity index (χ1v) is 7.12. The summed E-state index contributed by atoms with van der Waals surface area (Å²) in [5.41, 5.74) is -0.473. The van der Waals surface area contributed by atoms with Crippen LogP contribution in [0, 0.1) is 0 Å². The highest BCUT2D eigenvalue weighted by molar-refractivity contribution is 5.92. The van der Waals surface area contributed by atoms with Gasteiger partial charge in [-0.05, 0) is 31.7 Å². The molecule has 0 spiro atoms. The number of nitrogens with one attached hydrogen (secondary N) is 1. The second-order valence-electron chi connectivity index (χ2n) is 5.38. The molecule has 0 unspecified atom stereocenters. The molecule has 1 aliphatic carbocycles. The van der Waals surface area contributed by atoms with Crippen molar-refractivity contribution in [1.82, 2.24) is 15.1 Å². The monoisotopic (exact) mass is 279 g/mol. The second-order valence-corrected chi connectivity index (χ2v) is 5.38. The number of aryl methyl sites for hydroxylation is 1. The van der Waals surface area contributed by atoms with E-state index in [9.17, 15) is 14.7 Å². The fourth-order valence-electron chi connectivity index (χ4n) is 2.27. The molecule has 0 saturated heterocycles. The van der Waals surface area contributed by atoms with Crippen molar-refractivity contribution in [2.24, 2.45) is 0 Å². The molecule has 1 heterocycles. The maximum Gasteiger partial charge on any atom is 0.272 e. The molecule has 1 fully saturated rings. The van der Waals surface area contributed by atoms with Gasteiger partial charge in [-0.1, -0.05) is 13.3 Å². The van der Waals surface area contributed by atoms with Gasteiger partial charge in [0.1, 0.15) is 5.69 Å². The van der Waals surface area contributed by atoms with Gasteiger partial charge in [-0.15, -0.1) is 0 Å². The molecule has 0 aliphatic heterocycles. The Morgan fingerprint density at radius 3 is 2.80 bits per heavy atom. The van der Waals surface area contributed by atoms with Crippen LogP contribution in [-0.2, 0) is 6.54 Å². The summed E-state index contributed by atoms with van der Waals surface area (Å²) in [6.45, 7) is 2.49. The Morgan fingerprint density at radius 1 is 1.50 bits per heavy atom. The van der Waals surface area contributed by atoms with E-state index in [0.717, 1.165) is 32.1 Å². The van der Waals surface area contributed by atoms with E-state index < -0.39 is 5.54 Å². The van der Waals surface area contributed by atoms with Gasteiger partial charge in [0.25, 0.3) is 11.5 Å². The molecule has 1 aromatic rings. The quantitative estimate of drug-likeness (QED) is 0.802. The van der Waals surface area contributed by atoms with Crippen molar-refractivity contribution in [3.8, 4) is 0 Å². The predicted molar refractivity (Wildman–Crippen MR) is 74.5 cm³/mol. The SMILES string of the molecule is CCCCn1nc(C(=O)NC2(CO)CCC2)ccc1=O. The smallest absolute Gasteiger partial charge is 0.272 e. The van der Waals surface area contributed by atoms with Gasteiger partial charge in [0.15, 0.2) is 0 Å². The third-order valence-corrected chi connectivity index (χ3v) is 3.81. The fraction of sp³-hybridized carbons (Fsp3) is 0.643. The largest absolute Gasteiger partial charge is 0.394 e. The van der Waals surface area contributed by atoms with Crippen molar-refractivity contribution in [2.75, 3.05) is 6.61 Å². The third kappa shape index (κ3) is 3.07. The molecule has 20 heavy (non-hydrogen) atoms. The van der Waals surface area contributed by atoms with Crippen molar-refractivity contribution in [3.05, 3.63) is 28.2 Å². The van der Waals surface area contributed by atoms with E-state index in [4.69, 9.17) is 0 Å². The average Bonchev–Trinajstić information content (AvgIpc) is 2.41. The first-order chi connectivity index (χ1) is 9.60. The van der Waals surface area contributed by atoms with Crippen molar-refractivity contribution in [2.45, 2.75) is 51.1 Å². The van der Waals surface area contributed by atoms with Crippen molar-refractivity contribution in [1.29, 1.82) is 0 Å². The molecular formula is C14H21N3O3. The van der Waals surface area contributed by atoms with Gasteiger partial charge >= 0.3 is 0 Å². The molecule has 1 amide bonds. The molecule has 1 aromatic heterocycles. The molecule has 0 aromatic carbocycles. The summed E-state index contributed by atoms with van der Waals surface area (Å²) < 4.78 is 1.32. The fourth-order valence-corrected chi connectivity index (χ4v) is 2.27. The maximum atomic E-state index is 12.1. The lowest BCUT2D eigenvalue weighted by atomic mass is 9.77. The summed E-state index contributed by atoms with van der Waals surface area (Å²) in [5.74, 6) is -0.330. The molecule has 110 valence electrons. The summed E-state index contributed by atoms with van der Waals surface area (Å²) in [6.07, 6.45) is 4.37. The van der Waals surface area contributed by atoms with Gasteiger partial charge in [0, 0.05) is 12.6 Å². The van der Waals surface area contributed by atoms with Gasteiger partial charge in [0.05, 0.1) is 12.1 Å². The molecule has 0 bridgehead atoms. The highest BCUT2D eigenvalue weighted by Crippen LogP contribution is 2.31. The predicted octanol–water partition coefficient (Wildman–Crippen LogP) is 0.688. The second kappa shape index (κ2) is 6.17. The Kier molecular flexibility index (Phi) is 4.54. The first kappa shape index (κ1) is 14.7. The summed E-state index contributed by atoms with van der Waals surface area (Å²) in [7, 11) is 0. The molecular weight excluding hydrogens is 258 g/mol. The summed E-state index contributed by atoms with van der Waals surface area (Å²) in [5, 5.41) is 16.3. The number of aromatic nitrogens is 2. The maximum absolute atomic E-state index is 12.1.